The molecule has 0 heterocycles. The number of amides is 1. The highest BCUT2D eigenvalue weighted by molar-refractivity contribution is 5.75. The maximum Gasteiger partial charge on any atom is 0.222 e. The van der Waals surface area contributed by atoms with Crippen LogP contribution in [0.4, 0.5) is 0 Å². The molecule has 1 aliphatic rings. The van der Waals surface area contributed by atoms with Gasteiger partial charge in [0.15, 0.2) is 0 Å². The average Bonchev–Trinajstić information content (AvgIpc) is 2.37. The van der Waals surface area contributed by atoms with Crippen LogP contribution in [-0.4, -0.2) is 36.1 Å². The van der Waals surface area contributed by atoms with Crippen LogP contribution in [0.2, 0.25) is 0 Å². The summed E-state index contributed by atoms with van der Waals surface area (Å²) >= 11 is 0. The first-order valence-corrected chi connectivity index (χ1v) is 7.09. The van der Waals surface area contributed by atoms with Crippen LogP contribution in [0.5, 0.6) is 0 Å². The number of unbranched alkanes of at least 4 members (excludes halogenated alkanes) is 1. The zero-order chi connectivity index (χ0) is 12.5. The van der Waals surface area contributed by atoms with Crippen molar-refractivity contribution in [1.29, 1.82) is 0 Å². The third-order valence-corrected chi connectivity index (χ3v) is 3.82. The van der Waals surface area contributed by atoms with Gasteiger partial charge in [0.2, 0.25) is 5.91 Å². The maximum absolute atomic E-state index is 11.8. The van der Waals surface area contributed by atoms with E-state index in [2.05, 4.69) is 0 Å². The van der Waals surface area contributed by atoms with Gasteiger partial charge in [-0.2, -0.15) is 0 Å². The number of carbonyl (C=O) groups excluding carboxylic acids is 1. The van der Waals surface area contributed by atoms with Gasteiger partial charge in [-0.05, 0) is 25.2 Å². The van der Waals surface area contributed by atoms with Crippen LogP contribution in [-0.2, 0) is 4.79 Å². The van der Waals surface area contributed by atoms with Gasteiger partial charge in [0.25, 0.3) is 0 Å². The lowest BCUT2D eigenvalue weighted by molar-refractivity contribution is -0.130. The second-order valence-electron chi connectivity index (χ2n) is 5.29. The van der Waals surface area contributed by atoms with Crippen molar-refractivity contribution in [3.63, 3.8) is 0 Å². The molecule has 3 heteroatoms. The molecule has 17 heavy (non-hydrogen) atoms. The molecule has 0 aromatic heterocycles. The zero-order valence-corrected chi connectivity index (χ0v) is 11.2. The minimum Gasteiger partial charge on any atom is -0.396 e. The van der Waals surface area contributed by atoms with Gasteiger partial charge in [-0.15, -0.1) is 0 Å². The molecule has 3 nitrogen and oxygen atoms in total. The smallest absolute Gasteiger partial charge is 0.222 e. The summed E-state index contributed by atoms with van der Waals surface area (Å²) in [6.07, 6.45) is 10.2. The molecule has 1 saturated carbocycles. The van der Waals surface area contributed by atoms with Crippen LogP contribution in [0, 0.1) is 5.92 Å². The fraction of sp³-hybridized carbons (Fsp3) is 0.929. The van der Waals surface area contributed by atoms with Gasteiger partial charge < -0.3 is 10.0 Å². The highest BCUT2D eigenvalue weighted by atomic mass is 16.2. The van der Waals surface area contributed by atoms with Crippen molar-refractivity contribution in [3.8, 4) is 0 Å². The summed E-state index contributed by atoms with van der Waals surface area (Å²) in [5, 5.41) is 8.69. The van der Waals surface area contributed by atoms with Crippen LogP contribution in [0.15, 0.2) is 0 Å². The number of carbonyl (C=O) groups is 1. The van der Waals surface area contributed by atoms with Crippen LogP contribution < -0.4 is 0 Å². The highest BCUT2D eigenvalue weighted by Gasteiger charge is 2.16. The summed E-state index contributed by atoms with van der Waals surface area (Å²) in [6, 6.07) is 0. The van der Waals surface area contributed by atoms with E-state index in [4.69, 9.17) is 5.11 Å². The fourth-order valence-corrected chi connectivity index (χ4v) is 2.58. The van der Waals surface area contributed by atoms with Gasteiger partial charge in [-0.25, -0.2) is 0 Å². The molecule has 0 aliphatic heterocycles. The Bertz CT molecular complexity index is 212. The Morgan fingerprint density at radius 2 is 1.94 bits per heavy atom. The van der Waals surface area contributed by atoms with Crippen molar-refractivity contribution in [2.24, 2.45) is 5.92 Å². The van der Waals surface area contributed by atoms with Gasteiger partial charge in [-0.1, -0.05) is 32.1 Å². The molecule has 0 bridgehead atoms. The largest absolute Gasteiger partial charge is 0.396 e. The van der Waals surface area contributed by atoms with Gasteiger partial charge in [0.05, 0.1) is 0 Å². The van der Waals surface area contributed by atoms with Gasteiger partial charge in [-0.3, -0.25) is 4.79 Å². The summed E-state index contributed by atoms with van der Waals surface area (Å²) in [4.78, 5) is 13.7. The number of aliphatic hydroxyl groups excluding tert-OH is 1. The van der Waals surface area contributed by atoms with Crippen LogP contribution in [0.25, 0.3) is 0 Å². The zero-order valence-electron chi connectivity index (χ0n) is 11.2. The summed E-state index contributed by atoms with van der Waals surface area (Å²) in [6.45, 7) is 1.01. The third-order valence-electron chi connectivity index (χ3n) is 3.82. The monoisotopic (exact) mass is 241 g/mol. The summed E-state index contributed by atoms with van der Waals surface area (Å²) in [5.74, 6) is 1.06. The fourth-order valence-electron chi connectivity index (χ4n) is 2.58. The first-order chi connectivity index (χ1) is 8.24. The van der Waals surface area contributed by atoms with Gasteiger partial charge in [0, 0.05) is 26.6 Å². The number of hydrogen-bond acceptors (Lipinski definition) is 2. The molecular weight excluding hydrogens is 214 g/mol. The minimum absolute atomic E-state index is 0.226. The molecule has 1 aliphatic carbocycles. The first kappa shape index (κ1) is 14.5. The van der Waals surface area contributed by atoms with Crippen LogP contribution in [0.1, 0.15) is 57.8 Å². The standard InChI is InChI=1S/C14H27NO2/c1-15(11-5-6-12-16)14(17)10-9-13-7-3-2-4-8-13/h13,16H,2-12H2,1H3. The van der Waals surface area contributed by atoms with Gasteiger partial charge in [0.1, 0.15) is 0 Å². The number of rotatable bonds is 7. The SMILES string of the molecule is CN(CCCCO)C(=O)CCC1CCCCC1. The Labute approximate surface area is 105 Å². The second-order valence-corrected chi connectivity index (χ2v) is 5.29. The molecule has 1 N–H and O–H groups in total. The molecule has 0 unspecified atom stereocenters. The van der Waals surface area contributed by atoms with E-state index in [1.165, 1.54) is 32.1 Å². The van der Waals surface area contributed by atoms with E-state index in [1.807, 2.05) is 11.9 Å². The highest BCUT2D eigenvalue weighted by Crippen LogP contribution is 2.27. The Morgan fingerprint density at radius 1 is 1.24 bits per heavy atom. The molecular formula is C14H27NO2. The lowest BCUT2D eigenvalue weighted by Crippen LogP contribution is -2.28. The number of hydrogen-bond donors (Lipinski definition) is 1. The van der Waals surface area contributed by atoms with E-state index in [-0.39, 0.29) is 12.5 Å². The van der Waals surface area contributed by atoms with E-state index in [0.717, 1.165) is 31.7 Å². The summed E-state index contributed by atoms with van der Waals surface area (Å²) in [7, 11) is 1.88. The van der Waals surface area contributed by atoms with Crippen LogP contribution >= 0.6 is 0 Å². The van der Waals surface area contributed by atoms with Gasteiger partial charge >= 0.3 is 0 Å². The Kier molecular flexibility index (Phi) is 7.25. The second kappa shape index (κ2) is 8.51. The average molecular weight is 241 g/mol. The predicted octanol–water partition coefficient (Wildman–Crippen LogP) is 2.58. The van der Waals surface area contributed by atoms with Crippen molar-refractivity contribution in [2.75, 3.05) is 20.2 Å². The van der Waals surface area contributed by atoms with E-state index in [1.54, 1.807) is 0 Å². The molecule has 0 aromatic rings. The van der Waals surface area contributed by atoms with Crippen molar-refractivity contribution >= 4 is 5.91 Å². The van der Waals surface area contributed by atoms with Crippen molar-refractivity contribution in [1.82, 2.24) is 4.90 Å². The van der Waals surface area contributed by atoms with Crippen LogP contribution in [0.3, 0.4) is 0 Å². The number of aliphatic hydroxyl groups is 1. The Morgan fingerprint density at radius 3 is 2.59 bits per heavy atom. The molecule has 100 valence electrons. The predicted molar refractivity (Wildman–Crippen MR) is 69.8 cm³/mol. The molecule has 1 fully saturated rings. The lowest BCUT2D eigenvalue weighted by atomic mass is 9.86. The molecule has 1 rings (SSSR count). The number of nitrogens with zero attached hydrogens (tertiary/aromatic N) is 1. The van der Waals surface area contributed by atoms with E-state index >= 15 is 0 Å². The third kappa shape index (κ3) is 6.06. The van der Waals surface area contributed by atoms with Crippen molar-refractivity contribution in [3.05, 3.63) is 0 Å². The van der Waals surface area contributed by atoms with E-state index in [9.17, 15) is 4.79 Å². The Balaban J connectivity index is 2.10. The van der Waals surface area contributed by atoms with E-state index in [0.29, 0.717) is 6.42 Å². The Hall–Kier alpha value is -0.570. The van der Waals surface area contributed by atoms with E-state index < -0.39 is 0 Å². The molecule has 0 atom stereocenters. The van der Waals surface area contributed by atoms with Crippen molar-refractivity contribution in [2.45, 2.75) is 57.8 Å². The molecule has 0 aromatic carbocycles. The molecule has 0 spiro atoms. The quantitative estimate of drug-likeness (QED) is 0.696. The first-order valence-electron chi connectivity index (χ1n) is 7.09. The normalized spacial score (nSPS) is 17.1. The maximum atomic E-state index is 11.8. The molecule has 0 saturated heterocycles. The summed E-state index contributed by atoms with van der Waals surface area (Å²) < 4.78 is 0. The van der Waals surface area contributed by atoms with Crippen molar-refractivity contribution < 1.29 is 9.90 Å². The lowest BCUT2D eigenvalue weighted by Gasteiger charge is -2.23. The topological polar surface area (TPSA) is 40.5 Å². The minimum atomic E-state index is 0.226. The summed E-state index contributed by atoms with van der Waals surface area (Å²) in [5.41, 5.74) is 0. The molecule has 1 amide bonds. The molecule has 0 radical (unpaired) electrons.